The maximum Gasteiger partial charge on any atom is 0.410 e. The molecule has 0 bridgehead atoms. The average Bonchev–Trinajstić information content (AvgIpc) is 2.44. The molecule has 2 rings (SSSR count). The van der Waals surface area contributed by atoms with Gasteiger partial charge in [0.2, 0.25) is 0 Å². The summed E-state index contributed by atoms with van der Waals surface area (Å²) >= 11 is 0. The van der Waals surface area contributed by atoms with Gasteiger partial charge in [0.15, 0.2) is 0 Å². The van der Waals surface area contributed by atoms with E-state index in [1.807, 2.05) is 43.9 Å². The Kier molecular flexibility index (Phi) is 5.03. The summed E-state index contributed by atoms with van der Waals surface area (Å²) in [6.45, 7) is 15.3. The van der Waals surface area contributed by atoms with Crippen molar-refractivity contribution in [2.45, 2.75) is 52.3 Å². The van der Waals surface area contributed by atoms with Gasteiger partial charge < -0.3 is 9.64 Å². The normalized spacial score (nSPS) is 22.0. The first kappa shape index (κ1) is 17.4. The molecule has 1 aromatic rings. The van der Waals surface area contributed by atoms with E-state index in [1.165, 1.54) is 5.69 Å². The Labute approximate surface area is 139 Å². The number of hydrogen-bond acceptors (Lipinski definition) is 3. The number of amides is 1. The molecule has 1 heterocycles. The topological polar surface area (TPSA) is 32.8 Å². The molecule has 0 radical (unpaired) electrons. The minimum absolute atomic E-state index is 0.0981. The van der Waals surface area contributed by atoms with Gasteiger partial charge in [-0.15, -0.1) is 0 Å². The van der Waals surface area contributed by atoms with Gasteiger partial charge in [0.05, 0.1) is 12.1 Å². The second-order valence-electron chi connectivity index (χ2n) is 7.29. The molecular weight excluding hydrogens is 288 g/mol. The lowest BCUT2D eigenvalue weighted by Gasteiger charge is -2.45. The fourth-order valence-corrected chi connectivity index (χ4v) is 3.06. The standard InChI is InChI=1S/C19H28N2O2/c1-7-16-9-8-10-17(11-16)20-12-14(2)21(15(3)13-20)18(22)23-19(4,5)6/h7-11,14-15H,1,12-13H2,2-6H3/t14-,15+. The Morgan fingerprint density at radius 1 is 1.26 bits per heavy atom. The van der Waals surface area contributed by atoms with Gasteiger partial charge in [-0.1, -0.05) is 24.8 Å². The van der Waals surface area contributed by atoms with Crippen LogP contribution in [0.1, 0.15) is 40.2 Å². The summed E-state index contributed by atoms with van der Waals surface area (Å²) in [6.07, 6.45) is 1.63. The first-order chi connectivity index (χ1) is 10.7. The van der Waals surface area contributed by atoms with Crippen molar-refractivity contribution in [2.24, 2.45) is 0 Å². The zero-order chi connectivity index (χ0) is 17.2. The zero-order valence-electron chi connectivity index (χ0n) is 14.9. The Balaban J connectivity index is 2.12. The summed E-state index contributed by atoms with van der Waals surface area (Å²) < 4.78 is 5.55. The van der Waals surface area contributed by atoms with Crippen LogP contribution in [-0.4, -0.2) is 41.8 Å². The lowest BCUT2D eigenvalue weighted by atomic mass is 10.1. The summed E-state index contributed by atoms with van der Waals surface area (Å²) in [5.74, 6) is 0. The molecule has 0 spiro atoms. The summed E-state index contributed by atoms with van der Waals surface area (Å²) in [5.41, 5.74) is 1.81. The highest BCUT2D eigenvalue weighted by Gasteiger charge is 2.35. The van der Waals surface area contributed by atoms with Crippen LogP contribution in [0.15, 0.2) is 30.8 Å². The predicted molar refractivity (Wildman–Crippen MR) is 95.7 cm³/mol. The third-order valence-corrected chi connectivity index (χ3v) is 3.99. The molecule has 0 aromatic heterocycles. The second-order valence-corrected chi connectivity index (χ2v) is 7.29. The second kappa shape index (κ2) is 6.65. The summed E-state index contributed by atoms with van der Waals surface area (Å²) in [5, 5.41) is 0. The van der Waals surface area contributed by atoms with Gasteiger partial charge in [-0.3, -0.25) is 4.90 Å². The van der Waals surface area contributed by atoms with Gasteiger partial charge in [0.1, 0.15) is 5.60 Å². The van der Waals surface area contributed by atoms with E-state index in [4.69, 9.17) is 4.74 Å². The monoisotopic (exact) mass is 316 g/mol. The number of nitrogens with zero attached hydrogens (tertiary/aromatic N) is 2. The fraction of sp³-hybridized carbons (Fsp3) is 0.526. The highest BCUT2D eigenvalue weighted by molar-refractivity contribution is 5.70. The van der Waals surface area contributed by atoms with Crippen molar-refractivity contribution in [1.82, 2.24) is 4.90 Å². The quantitative estimate of drug-likeness (QED) is 0.821. The molecule has 4 nitrogen and oxygen atoms in total. The minimum atomic E-state index is -0.466. The lowest BCUT2D eigenvalue weighted by molar-refractivity contribution is 0.00566. The van der Waals surface area contributed by atoms with E-state index in [0.717, 1.165) is 18.7 Å². The third-order valence-electron chi connectivity index (χ3n) is 3.99. The fourth-order valence-electron chi connectivity index (χ4n) is 3.06. The van der Waals surface area contributed by atoms with Gasteiger partial charge in [-0.2, -0.15) is 0 Å². The minimum Gasteiger partial charge on any atom is -0.444 e. The number of carbonyl (C=O) groups is 1. The smallest absolute Gasteiger partial charge is 0.410 e. The molecule has 0 unspecified atom stereocenters. The van der Waals surface area contributed by atoms with Crippen LogP contribution in [0.5, 0.6) is 0 Å². The number of hydrogen-bond donors (Lipinski definition) is 0. The number of ether oxygens (including phenoxy) is 1. The van der Waals surface area contributed by atoms with E-state index in [1.54, 1.807) is 0 Å². The number of anilines is 1. The number of carbonyl (C=O) groups excluding carboxylic acids is 1. The van der Waals surface area contributed by atoms with Crippen molar-refractivity contribution >= 4 is 17.9 Å². The van der Waals surface area contributed by atoms with Gasteiger partial charge >= 0.3 is 6.09 Å². The molecule has 23 heavy (non-hydrogen) atoms. The largest absolute Gasteiger partial charge is 0.444 e. The maximum absolute atomic E-state index is 12.5. The Morgan fingerprint density at radius 2 is 1.87 bits per heavy atom. The Bertz CT molecular complexity index is 565. The van der Waals surface area contributed by atoms with Gasteiger partial charge in [0, 0.05) is 18.8 Å². The van der Waals surface area contributed by atoms with E-state index in [9.17, 15) is 4.79 Å². The molecular formula is C19H28N2O2. The molecule has 0 N–H and O–H groups in total. The highest BCUT2D eigenvalue weighted by Crippen LogP contribution is 2.25. The van der Waals surface area contributed by atoms with Crippen LogP contribution in [0, 0.1) is 0 Å². The lowest BCUT2D eigenvalue weighted by Crippen LogP contribution is -2.59. The van der Waals surface area contributed by atoms with Crippen molar-refractivity contribution in [3.05, 3.63) is 36.4 Å². The number of piperazine rings is 1. The molecule has 4 heteroatoms. The van der Waals surface area contributed by atoms with Gasteiger partial charge in [-0.05, 0) is 52.3 Å². The van der Waals surface area contributed by atoms with Crippen LogP contribution in [0.25, 0.3) is 6.08 Å². The average molecular weight is 316 g/mol. The zero-order valence-corrected chi connectivity index (χ0v) is 14.9. The number of rotatable bonds is 2. The molecule has 1 saturated heterocycles. The van der Waals surface area contributed by atoms with E-state index >= 15 is 0 Å². The van der Waals surface area contributed by atoms with Crippen molar-refractivity contribution in [3.8, 4) is 0 Å². The molecule has 0 saturated carbocycles. The van der Waals surface area contributed by atoms with Crippen molar-refractivity contribution in [1.29, 1.82) is 0 Å². The van der Waals surface area contributed by atoms with Crippen LogP contribution >= 0.6 is 0 Å². The van der Waals surface area contributed by atoms with Crippen LogP contribution in [0.3, 0.4) is 0 Å². The molecule has 126 valence electrons. The molecule has 1 fully saturated rings. The van der Waals surface area contributed by atoms with Crippen molar-refractivity contribution in [3.63, 3.8) is 0 Å². The van der Waals surface area contributed by atoms with Crippen molar-refractivity contribution < 1.29 is 9.53 Å². The molecule has 1 amide bonds. The van der Waals surface area contributed by atoms with E-state index in [0.29, 0.717) is 0 Å². The first-order valence-electron chi connectivity index (χ1n) is 8.20. The molecule has 1 aliphatic rings. The highest BCUT2D eigenvalue weighted by atomic mass is 16.6. The summed E-state index contributed by atoms with van der Waals surface area (Å²) in [7, 11) is 0. The number of benzene rings is 1. The summed E-state index contributed by atoms with van der Waals surface area (Å²) in [6, 6.07) is 8.52. The first-order valence-corrected chi connectivity index (χ1v) is 8.20. The molecule has 0 aliphatic carbocycles. The van der Waals surface area contributed by atoms with Crippen LogP contribution in [-0.2, 0) is 4.74 Å². The third kappa shape index (κ3) is 4.27. The van der Waals surface area contributed by atoms with Gasteiger partial charge in [0.25, 0.3) is 0 Å². The van der Waals surface area contributed by atoms with Crippen LogP contribution in [0.4, 0.5) is 10.5 Å². The Morgan fingerprint density at radius 3 is 2.39 bits per heavy atom. The Hall–Kier alpha value is -1.97. The molecule has 1 aliphatic heterocycles. The van der Waals surface area contributed by atoms with Crippen LogP contribution < -0.4 is 4.90 Å². The molecule has 2 atom stereocenters. The van der Waals surface area contributed by atoms with Gasteiger partial charge in [-0.25, -0.2) is 4.79 Å². The summed E-state index contributed by atoms with van der Waals surface area (Å²) in [4.78, 5) is 16.6. The van der Waals surface area contributed by atoms with Crippen molar-refractivity contribution in [2.75, 3.05) is 18.0 Å². The molecule has 1 aromatic carbocycles. The van der Waals surface area contributed by atoms with Crippen LogP contribution in [0.2, 0.25) is 0 Å². The van der Waals surface area contributed by atoms with E-state index < -0.39 is 5.60 Å². The maximum atomic E-state index is 12.5. The van der Waals surface area contributed by atoms with E-state index in [-0.39, 0.29) is 18.2 Å². The van der Waals surface area contributed by atoms with E-state index in [2.05, 4.69) is 37.5 Å². The predicted octanol–water partition coefficient (Wildman–Crippen LogP) is 4.16. The SMILES string of the molecule is C=Cc1cccc(N2C[C@@H](C)N(C(=O)OC(C)(C)C)[C@@H](C)C2)c1.